The normalized spacial score (nSPS) is 10.4. The fourth-order valence-corrected chi connectivity index (χ4v) is 2.03. The number of thioether (sulfide) groups is 1. The lowest BCUT2D eigenvalue weighted by molar-refractivity contribution is -0.121. The van der Waals surface area contributed by atoms with Crippen LogP contribution in [-0.4, -0.2) is 26.8 Å². The summed E-state index contributed by atoms with van der Waals surface area (Å²) in [4.78, 5) is 15.0. The third-order valence-electron chi connectivity index (χ3n) is 2.02. The number of hydrazine groups is 1. The Labute approximate surface area is 98.7 Å². The molecule has 0 radical (unpaired) electrons. The number of aromatic amines is 1. The highest BCUT2D eigenvalue weighted by atomic mass is 32.2. The van der Waals surface area contributed by atoms with E-state index in [1.165, 1.54) is 0 Å². The van der Waals surface area contributed by atoms with Crippen molar-refractivity contribution in [2.45, 2.75) is 37.8 Å². The molecule has 1 amide bonds. The second kappa shape index (κ2) is 7.24. The Morgan fingerprint density at radius 1 is 1.50 bits per heavy atom. The summed E-state index contributed by atoms with van der Waals surface area (Å²) in [7, 11) is 0. The van der Waals surface area contributed by atoms with Crippen LogP contribution < -0.4 is 11.3 Å². The molecule has 0 saturated carbocycles. The summed E-state index contributed by atoms with van der Waals surface area (Å²) in [6, 6.07) is 0. The molecule has 0 atom stereocenters. The van der Waals surface area contributed by atoms with Gasteiger partial charge in [-0.3, -0.25) is 15.3 Å². The van der Waals surface area contributed by atoms with Gasteiger partial charge in [0.1, 0.15) is 5.82 Å². The Morgan fingerprint density at radius 3 is 2.94 bits per heavy atom. The third-order valence-corrected chi connectivity index (χ3v) is 2.95. The van der Waals surface area contributed by atoms with Crippen molar-refractivity contribution in [3.63, 3.8) is 0 Å². The fraction of sp³-hybridized carbons (Fsp3) is 0.667. The van der Waals surface area contributed by atoms with E-state index >= 15 is 0 Å². The monoisotopic (exact) mass is 243 g/mol. The second-order valence-electron chi connectivity index (χ2n) is 3.43. The van der Waals surface area contributed by atoms with Crippen LogP contribution in [0, 0.1) is 6.92 Å². The first-order chi connectivity index (χ1) is 7.72. The summed E-state index contributed by atoms with van der Waals surface area (Å²) in [5, 5.41) is 7.60. The second-order valence-corrected chi connectivity index (χ2v) is 4.49. The first-order valence-corrected chi connectivity index (χ1v) is 6.22. The van der Waals surface area contributed by atoms with Gasteiger partial charge in [0.2, 0.25) is 11.1 Å². The van der Waals surface area contributed by atoms with Gasteiger partial charge in [-0.2, -0.15) is 0 Å². The largest absolute Gasteiger partial charge is 0.294 e. The zero-order valence-electron chi connectivity index (χ0n) is 9.32. The summed E-state index contributed by atoms with van der Waals surface area (Å²) in [6.07, 6.45) is 3.44. The van der Waals surface area contributed by atoms with Gasteiger partial charge in [-0.25, -0.2) is 10.8 Å². The Bertz CT molecular complexity index is 327. The minimum absolute atomic E-state index is 0.0998. The van der Waals surface area contributed by atoms with Crippen LogP contribution in [0.25, 0.3) is 0 Å². The average Bonchev–Trinajstić information content (AvgIpc) is 2.69. The van der Waals surface area contributed by atoms with Gasteiger partial charge in [0, 0.05) is 12.2 Å². The van der Waals surface area contributed by atoms with Crippen molar-refractivity contribution in [1.29, 1.82) is 0 Å². The maximum Gasteiger partial charge on any atom is 0.233 e. The lowest BCUT2D eigenvalue weighted by atomic mass is 10.2. The van der Waals surface area contributed by atoms with E-state index in [4.69, 9.17) is 5.84 Å². The molecule has 0 aliphatic heterocycles. The quantitative estimate of drug-likeness (QED) is 0.216. The standard InChI is InChI=1S/C9H17N5OS/c1-7-11-9(14-13-7)16-6-4-2-3-5-8(15)12-10/h2-6,10H2,1H3,(H,12,15)(H,11,13,14). The SMILES string of the molecule is Cc1nc(SCCCCCC(=O)NN)n[nH]1. The molecular weight excluding hydrogens is 226 g/mol. The molecule has 16 heavy (non-hydrogen) atoms. The molecule has 1 aromatic heterocycles. The number of hydrogen-bond acceptors (Lipinski definition) is 5. The van der Waals surface area contributed by atoms with Gasteiger partial charge in [0.25, 0.3) is 0 Å². The molecule has 0 bridgehead atoms. The van der Waals surface area contributed by atoms with Crippen molar-refractivity contribution in [2.24, 2.45) is 5.84 Å². The van der Waals surface area contributed by atoms with Crippen LogP contribution in [0.3, 0.4) is 0 Å². The molecule has 1 aromatic rings. The van der Waals surface area contributed by atoms with Gasteiger partial charge in [0.05, 0.1) is 0 Å². The van der Waals surface area contributed by atoms with Gasteiger partial charge < -0.3 is 0 Å². The molecule has 0 fully saturated rings. The van der Waals surface area contributed by atoms with Crippen molar-refractivity contribution in [3.05, 3.63) is 5.82 Å². The molecule has 0 saturated heterocycles. The van der Waals surface area contributed by atoms with Crippen LogP contribution in [0.5, 0.6) is 0 Å². The maximum atomic E-state index is 10.8. The van der Waals surface area contributed by atoms with E-state index in [0.29, 0.717) is 6.42 Å². The zero-order chi connectivity index (χ0) is 11.8. The van der Waals surface area contributed by atoms with Crippen molar-refractivity contribution in [3.8, 4) is 0 Å². The van der Waals surface area contributed by atoms with E-state index in [1.54, 1.807) is 11.8 Å². The number of nitrogens with one attached hydrogen (secondary N) is 2. The fourth-order valence-electron chi connectivity index (χ4n) is 1.19. The number of amides is 1. The number of carbonyl (C=O) groups is 1. The van der Waals surface area contributed by atoms with Crippen molar-refractivity contribution in [2.75, 3.05) is 5.75 Å². The van der Waals surface area contributed by atoms with Gasteiger partial charge in [0.15, 0.2) is 0 Å². The molecule has 4 N–H and O–H groups in total. The summed E-state index contributed by atoms with van der Waals surface area (Å²) in [6.45, 7) is 1.88. The maximum absolute atomic E-state index is 10.8. The molecule has 1 heterocycles. The first kappa shape index (κ1) is 13.0. The van der Waals surface area contributed by atoms with E-state index in [1.807, 2.05) is 6.92 Å². The van der Waals surface area contributed by atoms with Crippen LogP contribution in [0.15, 0.2) is 5.16 Å². The van der Waals surface area contributed by atoms with E-state index in [-0.39, 0.29) is 5.91 Å². The number of nitrogens with zero attached hydrogens (tertiary/aromatic N) is 2. The number of aryl methyl sites for hydroxylation is 1. The highest BCUT2D eigenvalue weighted by Gasteiger charge is 2.01. The molecule has 7 heteroatoms. The molecule has 0 aromatic carbocycles. The lowest BCUT2D eigenvalue weighted by Crippen LogP contribution is -2.29. The Kier molecular flexibility index (Phi) is 5.87. The molecule has 6 nitrogen and oxygen atoms in total. The molecule has 1 rings (SSSR count). The number of nitrogens with two attached hydrogens (primary N) is 1. The summed E-state index contributed by atoms with van der Waals surface area (Å²) >= 11 is 1.63. The highest BCUT2D eigenvalue weighted by Crippen LogP contribution is 2.14. The summed E-state index contributed by atoms with van der Waals surface area (Å²) < 4.78 is 0. The van der Waals surface area contributed by atoms with Gasteiger partial charge >= 0.3 is 0 Å². The van der Waals surface area contributed by atoms with Crippen molar-refractivity contribution in [1.82, 2.24) is 20.6 Å². The van der Waals surface area contributed by atoms with Crippen LogP contribution in [0.2, 0.25) is 0 Å². The third kappa shape index (κ3) is 5.13. The molecule has 0 unspecified atom stereocenters. The summed E-state index contributed by atoms with van der Waals surface area (Å²) in [5.41, 5.74) is 2.12. The van der Waals surface area contributed by atoms with Crippen LogP contribution in [0.4, 0.5) is 0 Å². The van der Waals surface area contributed by atoms with E-state index < -0.39 is 0 Å². The van der Waals surface area contributed by atoms with Gasteiger partial charge in [-0.05, 0) is 19.8 Å². The minimum Gasteiger partial charge on any atom is -0.294 e. The average molecular weight is 243 g/mol. The van der Waals surface area contributed by atoms with E-state index in [0.717, 1.165) is 36.0 Å². The van der Waals surface area contributed by atoms with E-state index in [2.05, 4.69) is 20.6 Å². The molecule has 90 valence electrons. The first-order valence-electron chi connectivity index (χ1n) is 5.23. The number of carbonyl (C=O) groups excluding carboxylic acids is 1. The van der Waals surface area contributed by atoms with Crippen molar-refractivity contribution < 1.29 is 4.79 Å². The molecule has 0 aliphatic rings. The summed E-state index contributed by atoms with van der Waals surface area (Å²) in [5.74, 6) is 6.68. The number of H-pyrrole nitrogens is 1. The minimum atomic E-state index is -0.0998. The topological polar surface area (TPSA) is 96.7 Å². The Balaban J connectivity index is 1.98. The zero-order valence-corrected chi connectivity index (χ0v) is 10.1. The Hall–Kier alpha value is -1.08. The lowest BCUT2D eigenvalue weighted by Gasteiger charge is -1.99. The number of aromatic nitrogens is 3. The Morgan fingerprint density at radius 2 is 2.31 bits per heavy atom. The van der Waals surface area contributed by atoms with E-state index in [9.17, 15) is 4.79 Å². The van der Waals surface area contributed by atoms with Crippen LogP contribution >= 0.6 is 11.8 Å². The number of hydrogen-bond donors (Lipinski definition) is 3. The molecular formula is C9H17N5OS. The molecule has 0 aliphatic carbocycles. The van der Waals surface area contributed by atoms with Crippen LogP contribution in [-0.2, 0) is 4.79 Å². The predicted octanol–water partition coefficient (Wildman–Crippen LogP) is 0.756. The van der Waals surface area contributed by atoms with Crippen molar-refractivity contribution >= 4 is 17.7 Å². The predicted molar refractivity (Wildman–Crippen MR) is 62.6 cm³/mol. The number of rotatable bonds is 7. The smallest absolute Gasteiger partial charge is 0.233 e. The van der Waals surface area contributed by atoms with Crippen LogP contribution in [0.1, 0.15) is 31.5 Å². The molecule has 0 spiro atoms. The van der Waals surface area contributed by atoms with Gasteiger partial charge in [-0.1, -0.05) is 18.2 Å². The highest BCUT2D eigenvalue weighted by molar-refractivity contribution is 7.99. The number of unbranched alkanes of at least 4 members (excludes halogenated alkanes) is 2. The van der Waals surface area contributed by atoms with Gasteiger partial charge in [-0.15, -0.1) is 5.10 Å².